The number of carbonyl (C=O) groups is 1. The van der Waals surface area contributed by atoms with Gasteiger partial charge < -0.3 is 9.15 Å². The summed E-state index contributed by atoms with van der Waals surface area (Å²) in [5.41, 5.74) is 3.80. The predicted octanol–water partition coefficient (Wildman–Crippen LogP) is 5.37. The molecule has 0 fully saturated rings. The van der Waals surface area contributed by atoms with Gasteiger partial charge in [0.2, 0.25) is 0 Å². The molecule has 4 nitrogen and oxygen atoms in total. The topological polar surface area (TPSA) is 56.5 Å². The van der Waals surface area contributed by atoms with Gasteiger partial charge in [0, 0.05) is 22.9 Å². The van der Waals surface area contributed by atoms with Crippen LogP contribution in [0.4, 0.5) is 0 Å². The first-order chi connectivity index (χ1) is 14.6. The van der Waals surface area contributed by atoms with E-state index < -0.39 is 5.63 Å². The third kappa shape index (κ3) is 4.49. The lowest BCUT2D eigenvalue weighted by Gasteiger charge is -2.17. The van der Waals surface area contributed by atoms with Crippen molar-refractivity contribution in [1.82, 2.24) is 0 Å². The molecular formula is C26H22O4. The van der Waals surface area contributed by atoms with Crippen molar-refractivity contribution < 1.29 is 13.9 Å². The summed E-state index contributed by atoms with van der Waals surface area (Å²) in [6, 6.07) is 26.9. The number of aryl methyl sites for hydroxylation is 1. The molecule has 0 aliphatic heterocycles. The first kappa shape index (κ1) is 19.6. The Kier molecular flexibility index (Phi) is 5.75. The van der Waals surface area contributed by atoms with Crippen molar-refractivity contribution in [1.29, 1.82) is 0 Å². The Bertz CT molecular complexity index is 1170. The minimum absolute atomic E-state index is 0.0281. The maximum absolute atomic E-state index is 12.7. The van der Waals surface area contributed by atoms with Gasteiger partial charge in [-0.25, -0.2) is 4.79 Å². The molecule has 0 atom stereocenters. The number of benzene rings is 3. The molecule has 3 aromatic carbocycles. The fourth-order valence-electron chi connectivity index (χ4n) is 3.64. The molecule has 4 aromatic rings. The number of fused-ring (bicyclic) bond motifs is 1. The van der Waals surface area contributed by atoms with Gasteiger partial charge in [0.15, 0.2) is 0 Å². The van der Waals surface area contributed by atoms with Gasteiger partial charge in [0.25, 0.3) is 0 Å². The molecule has 0 spiro atoms. The highest BCUT2D eigenvalue weighted by Crippen LogP contribution is 2.28. The molecule has 0 radical (unpaired) electrons. The third-order valence-corrected chi connectivity index (χ3v) is 5.15. The zero-order valence-electron chi connectivity index (χ0n) is 16.7. The second-order valence-corrected chi connectivity index (χ2v) is 7.33. The maximum atomic E-state index is 12.7. The molecule has 0 saturated carbocycles. The van der Waals surface area contributed by atoms with Crippen molar-refractivity contribution in [3.63, 3.8) is 0 Å². The van der Waals surface area contributed by atoms with E-state index in [0.717, 1.165) is 22.1 Å². The number of ether oxygens (including phenoxy) is 1. The molecule has 0 aliphatic rings. The first-order valence-electron chi connectivity index (χ1n) is 9.89. The number of carbonyl (C=O) groups excluding carboxylic acids is 1. The summed E-state index contributed by atoms with van der Waals surface area (Å²) in [6.45, 7) is 1.96. The first-order valence-corrected chi connectivity index (χ1v) is 9.89. The van der Waals surface area contributed by atoms with Crippen molar-refractivity contribution in [2.75, 3.05) is 0 Å². The van der Waals surface area contributed by atoms with Crippen LogP contribution in [0.1, 0.15) is 34.6 Å². The number of esters is 1. The van der Waals surface area contributed by atoms with Crippen molar-refractivity contribution in [2.45, 2.75) is 25.9 Å². The molecule has 0 N–H and O–H groups in total. The third-order valence-electron chi connectivity index (χ3n) is 5.15. The highest BCUT2D eigenvalue weighted by atomic mass is 16.5. The van der Waals surface area contributed by atoms with Gasteiger partial charge in [-0.1, -0.05) is 72.8 Å². The van der Waals surface area contributed by atoms with Gasteiger partial charge >= 0.3 is 11.6 Å². The Balaban J connectivity index is 1.54. The molecule has 30 heavy (non-hydrogen) atoms. The van der Waals surface area contributed by atoms with E-state index in [1.807, 2.05) is 85.8 Å². The quantitative estimate of drug-likeness (QED) is 0.324. The lowest BCUT2D eigenvalue weighted by Crippen LogP contribution is -2.12. The predicted molar refractivity (Wildman–Crippen MR) is 116 cm³/mol. The van der Waals surface area contributed by atoms with E-state index in [-0.39, 0.29) is 24.9 Å². The molecule has 1 heterocycles. The van der Waals surface area contributed by atoms with E-state index in [1.54, 1.807) is 0 Å². The average Bonchev–Trinajstić information content (AvgIpc) is 2.76. The Morgan fingerprint density at radius 3 is 2.17 bits per heavy atom. The molecule has 4 rings (SSSR count). The highest BCUT2D eigenvalue weighted by molar-refractivity contribution is 5.81. The summed E-state index contributed by atoms with van der Waals surface area (Å²) in [4.78, 5) is 24.6. The van der Waals surface area contributed by atoms with E-state index in [4.69, 9.17) is 9.15 Å². The van der Waals surface area contributed by atoms with Crippen LogP contribution in [0, 0.1) is 6.92 Å². The SMILES string of the molecule is Cc1ccc2c(COC(=O)CC(c3ccccc3)c3ccccc3)cc(=O)oc2c1. The van der Waals surface area contributed by atoms with E-state index >= 15 is 0 Å². The lowest BCUT2D eigenvalue weighted by molar-refractivity contribution is -0.145. The Morgan fingerprint density at radius 2 is 1.53 bits per heavy atom. The Labute approximate surface area is 174 Å². The molecular weight excluding hydrogens is 376 g/mol. The summed E-state index contributed by atoms with van der Waals surface area (Å²) in [6.07, 6.45) is 0.215. The van der Waals surface area contributed by atoms with Crippen molar-refractivity contribution in [2.24, 2.45) is 0 Å². The molecule has 0 aliphatic carbocycles. The maximum Gasteiger partial charge on any atom is 0.336 e. The van der Waals surface area contributed by atoms with Gasteiger partial charge in [-0.15, -0.1) is 0 Å². The smallest absolute Gasteiger partial charge is 0.336 e. The zero-order chi connectivity index (χ0) is 20.9. The van der Waals surface area contributed by atoms with Crippen molar-refractivity contribution in [3.05, 3.63) is 118 Å². The van der Waals surface area contributed by atoms with E-state index in [0.29, 0.717) is 11.1 Å². The summed E-state index contributed by atoms with van der Waals surface area (Å²) >= 11 is 0. The molecule has 4 heteroatoms. The molecule has 1 aromatic heterocycles. The van der Waals surface area contributed by atoms with Crippen LogP contribution in [0.15, 0.2) is 94.1 Å². The van der Waals surface area contributed by atoms with E-state index in [1.165, 1.54) is 6.07 Å². The van der Waals surface area contributed by atoms with Crippen LogP contribution in [0.25, 0.3) is 11.0 Å². The Morgan fingerprint density at radius 1 is 0.900 bits per heavy atom. The monoisotopic (exact) mass is 398 g/mol. The van der Waals surface area contributed by atoms with Gasteiger partial charge in [-0.2, -0.15) is 0 Å². The minimum atomic E-state index is -0.453. The summed E-state index contributed by atoms with van der Waals surface area (Å²) < 4.78 is 10.8. The second kappa shape index (κ2) is 8.78. The van der Waals surface area contributed by atoms with Crippen molar-refractivity contribution >= 4 is 16.9 Å². The highest BCUT2D eigenvalue weighted by Gasteiger charge is 2.19. The van der Waals surface area contributed by atoms with Gasteiger partial charge in [0.1, 0.15) is 12.2 Å². The fourth-order valence-corrected chi connectivity index (χ4v) is 3.64. The molecule has 0 bridgehead atoms. The van der Waals surface area contributed by atoms with Gasteiger partial charge in [-0.05, 0) is 29.7 Å². The van der Waals surface area contributed by atoms with Crippen LogP contribution in [0.5, 0.6) is 0 Å². The minimum Gasteiger partial charge on any atom is -0.461 e. The average molecular weight is 398 g/mol. The van der Waals surface area contributed by atoms with Crippen LogP contribution in [0.3, 0.4) is 0 Å². The van der Waals surface area contributed by atoms with Gasteiger partial charge in [-0.3, -0.25) is 4.79 Å². The summed E-state index contributed by atoms with van der Waals surface area (Å²) in [5, 5.41) is 0.774. The Hall–Kier alpha value is -3.66. The number of rotatable bonds is 6. The fraction of sp³-hybridized carbons (Fsp3) is 0.154. The summed E-state index contributed by atoms with van der Waals surface area (Å²) in [5.74, 6) is -0.415. The standard InChI is InChI=1S/C26H22O4/c1-18-12-13-22-21(15-26(28)30-24(22)14-18)17-29-25(27)16-23(19-8-4-2-5-9-19)20-10-6-3-7-11-20/h2-15,23H,16-17H2,1H3. The normalized spacial score (nSPS) is 11.0. The van der Waals surface area contributed by atoms with Crippen LogP contribution < -0.4 is 5.63 Å². The van der Waals surface area contributed by atoms with E-state index in [9.17, 15) is 9.59 Å². The zero-order valence-corrected chi connectivity index (χ0v) is 16.7. The van der Waals surface area contributed by atoms with Gasteiger partial charge in [0.05, 0.1) is 6.42 Å². The number of hydrogen-bond acceptors (Lipinski definition) is 4. The summed E-state index contributed by atoms with van der Waals surface area (Å²) in [7, 11) is 0. The van der Waals surface area contributed by atoms with E-state index in [2.05, 4.69) is 0 Å². The largest absolute Gasteiger partial charge is 0.461 e. The van der Waals surface area contributed by atoms with Crippen LogP contribution in [-0.2, 0) is 16.1 Å². The molecule has 0 saturated heterocycles. The second-order valence-electron chi connectivity index (χ2n) is 7.33. The molecule has 0 amide bonds. The van der Waals surface area contributed by atoms with Crippen molar-refractivity contribution in [3.8, 4) is 0 Å². The molecule has 150 valence electrons. The molecule has 0 unspecified atom stereocenters. The van der Waals surface area contributed by atoms with Crippen LogP contribution in [-0.4, -0.2) is 5.97 Å². The lowest BCUT2D eigenvalue weighted by atomic mass is 9.89. The van der Waals surface area contributed by atoms with Crippen LogP contribution >= 0.6 is 0 Å². The number of hydrogen-bond donors (Lipinski definition) is 0. The van der Waals surface area contributed by atoms with Crippen LogP contribution in [0.2, 0.25) is 0 Å².